The molecule has 8 fully saturated rings. The van der Waals surface area contributed by atoms with Gasteiger partial charge in [0.25, 0.3) is 0 Å². The molecule has 6 nitrogen and oxygen atoms in total. The number of aromatic amines is 4. The number of H-pyrrole nitrogens is 4. The van der Waals surface area contributed by atoms with Crippen LogP contribution in [0.2, 0.25) is 0 Å². The largest absolute Gasteiger partial charge is 0.486 e. The summed E-state index contributed by atoms with van der Waals surface area (Å²) in [4.78, 5) is 16.2. The average Bonchev–Trinajstić information content (AvgIpc) is 1.32. The molecule has 5 heterocycles. The van der Waals surface area contributed by atoms with E-state index in [1.807, 2.05) is 0 Å². The number of fused-ring (bicyclic) bond motifs is 18. The van der Waals surface area contributed by atoms with Crippen LogP contribution in [-0.4, -0.2) is 32.1 Å². The van der Waals surface area contributed by atoms with Crippen LogP contribution in [-0.2, 0) is 9.47 Å². The van der Waals surface area contributed by atoms with Gasteiger partial charge in [-0.2, -0.15) is 0 Å². The third-order valence-electron chi connectivity index (χ3n) is 29.1. The van der Waals surface area contributed by atoms with E-state index < -0.39 is 0 Å². The maximum atomic E-state index is 7.67. The Morgan fingerprint density at radius 1 is 0.370 bits per heavy atom. The minimum atomic E-state index is 0.135. The van der Waals surface area contributed by atoms with Crippen molar-refractivity contribution in [1.82, 2.24) is 19.9 Å². The molecular formula is C86H116N4O2. The van der Waals surface area contributed by atoms with Gasteiger partial charge in [-0.1, -0.05) is 168 Å². The van der Waals surface area contributed by atoms with Crippen molar-refractivity contribution in [1.29, 1.82) is 0 Å². The van der Waals surface area contributed by atoms with Crippen LogP contribution in [0.4, 0.5) is 0 Å². The summed E-state index contributed by atoms with van der Waals surface area (Å²) in [7, 11) is 0. The number of aromatic nitrogens is 4. The second-order valence-corrected chi connectivity index (χ2v) is 34.7. The molecule has 9 aliphatic rings. The fourth-order valence-corrected chi connectivity index (χ4v) is 24.4. The molecule has 8 aliphatic carbocycles. The first-order valence-corrected chi connectivity index (χ1v) is 38.2. The van der Waals surface area contributed by atoms with Crippen molar-refractivity contribution in [3.8, 4) is 0 Å². The summed E-state index contributed by atoms with van der Waals surface area (Å²) in [5.74, 6) is 13.6. The normalized spacial score (nSPS) is 35.6. The highest BCUT2D eigenvalue weighted by molar-refractivity contribution is 5.80. The first kappa shape index (κ1) is 62.7. The van der Waals surface area contributed by atoms with Gasteiger partial charge >= 0.3 is 0 Å². The quantitative estimate of drug-likeness (QED) is 0.0779. The summed E-state index contributed by atoms with van der Waals surface area (Å²) < 4.78 is 15.3. The molecule has 0 unspecified atom stereocenters. The van der Waals surface area contributed by atoms with E-state index in [2.05, 4.69) is 198 Å². The first-order valence-electron chi connectivity index (χ1n) is 38.2. The molecule has 0 saturated heterocycles. The molecule has 92 heavy (non-hydrogen) atoms. The zero-order valence-corrected chi connectivity index (χ0v) is 58.4. The van der Waals surface area contributed by atoms with E-state index >= 15 is 0 Å². The van der Waals surface area contributed by atoms with Crippen molar-refractivity contribution < 1.29 is 9.47 Å². The minimum absolute atomic E-state index is 0.135. The monoisotopic (exact) mass is 1240 g/mol. The van der Waals surface area contributed by atoms with Crippen LogP contribution in [0.3, 0.4) is 0 Å². The van der Waals surface area contributed by atoms with E-state index in [0.29, 0.717) is 33.5 Å². The highest BCUT2D eigenvalue weighted by atomic mass is 16.5. The van der Waals surface area contributed by atoms with Crippen LogP contribution in [0, 0.1) is 105 Å². The molecule has 15 rings (SSSR count). The number of hydrogen-bond donors (Lipinski definition) is 4. The van der Waals surface area contributed by atoms with Gasteiger partial charge in [0.05, 0.1) is 34.3 Å². The van der Waals surface area contributed by atoms with Crippen molar-refractivity contribution in [3.63, 3.8) is 0 Å². The van der Waals surface area contributed by atoms with Crippen molar-refractivity contribution in [2.24, 2.45) is 105 Å². The van der Waals surface area contributed by atoms with E-state index in [-0.39, 0.29) is 12.2 Å². The lowest BCUT2D eigenvalue weighted by molar-refractivity contribution is -0.129. The zero-order chi connectivity index (χ0) is 63.3. The third kappa shape index (κ3) is 11.1. The van der Waals surface area contributed by atoms with E-state index in [1.54, 1.807) is 0 Å². The van der Waals surface area contributed by atoms with E-state index in [0.717, 1.165) is 175 Å². The van der Waals surface area contributed by atoms with E-state index in [4.69, 9.17) is 9.47 Å². The molecule has 1 aliphatic heterocycles. The van der Waals surface area contributed by atoms with Crippen LogP contribution in [0.1, 0.15) is 257 Å². The topological polar surface area (TPSA) is 81.6 Å². The molecule has 0 amide bonds. The average molecular weight is 1240 g/mol. The fourth-order valence-electron chi connectivity index (χ4n) is 24.4. The van der Waals surface area contributed by atoms with Gasteiger partial charge in [-0.05, 0) is 280 Å². The van der Waals surface area contributed by atoms with Crippen LogP contribution in [0.15, 0.2) is 109 Å². The van der Waals surface area contributed by atoms with Crippen LogP contribution in [0.25, 0.3) is 22.7 Å². The van der Waals surface area contributed by atoms with Crippen LogP contribution in [0.5, 0.6) is 0 Å². The third-order valence-corrected chi connectivity index (χ3v) is 29.1. The first-order chi connectivity index (χ1) is 44.5. The lowest BCUT2D eigenvalue weighted by atomic mass is 9.44. The number of benzene rings is 2. The second-order valence-electron chi connectivity index (χ2n) is 34.7. The van der Waals surface area contributed by atoms with E-state index in [9.17, 15) is 0 Å². The molecule has 18 atom stereocenters. The number of hydrogen-bond acceptors (Lipinski definition) is 2. The summed E-state index contributed by atoms with van der Waals surface area (Å²) in [5, 5.41) is 4.14. The maximum absolute atomic E-state index is 7.67. The Balaban J connectivity index is 0.733. The zero-order valence-electron chi connectivity index (χ0n) is 58.4. The Morgan fingerprint density at radius 3 is 1.16 bits per heavy atom. The lowest BCUT2D eigenvalue weighted by Crippen LogP contribution is -2.54. The Hall–Kier alpha value is -5.36. The van der Waals surface area contributed by atoms with Crippen molar-refractivity contribution in [2.75, 3.05) is 0 Å². The number of nitrogens with one attached hydrogen (secondary N) is 4. The van der Waals surface area contributed by atoms with Gasteiger partial charge < -0.3 is 29.4 Å². The minimum Gasteiger partial charge on any atom is -0.486 e. The number of rotatable bonds is 16. The Morgan fingerprint density at radius 2 is 0.750 bits per heavy atom. The molecule has 0 radical (unpaired) electrons. The maximum Gasteiger partial charge on any atom is 0.166 e. The summed E-state index contributed by atoms with van der Waals surface area (Å²) in [5.41, 5.74) is 10.5. The fraction of sp³-hybridized carbons (Fsp3) is 0.628. The molecular weight excluding hydrogens is 1120 g/mol. The van der Waals surface area contributed by atoms with Crippen molar-refractivity contribution in [2.45, 2.75) is 236 Å². The van der Waals surface area contributed by atoms with Crippen LogP contribution >= 0.6 is 0 Å². The van der Waals surface area contributed by atoms with Crippen molar-refractivity contribution >= 4 is 22.7 Å². The summed E-state index contributed by atoms with van der Waals surface area (Å²) >= 11 is 0. The molecule has 6 heteroatoms. The smallest absolute Gasteiger partial charge is 0.166 e. The van der Waals surface area contributed by atoms with Gasteiger partial charge in [-0.3, -0.25) is 0 Å². The predicted molar refractivity (Wildman–Crippen MR) is 379 cm³/mol. The van der Waals surface area contributed by atoms with E-state index in [1.165, 1.54) is 128 Å². The molecule has 8 bridgehead atoms. The van der Waals surface area contributed by atoms with Gasteiger partial charge in [0.2, 0.25) is 0 Å². The molecule has 492 valence electrons. The Labute approximate surface area is 553 Å². The van der Waals surface area contributed by atoms with Gasteiger partial charge in [0.15, 0.2) is 11.5 Å². The summed E-state index contributed by atoms with van der Waals surface area (Å²) in [6, 6.07) is 40.3. The molecule has 6 aromatic rings. The SMILES string of the molecule is CC(C)CCC[C@@H](C)[C@H]1CC[C@H]2[C@@H]3CC[C@H]4C[C@@H](OC5=c6ccc([nH]6)=C(c6ccccc6)c6ccc([nH]6)C(O[C@H]6CC[C@@]7(C)[C@@H](CC[C@@H]8[C@@H]7CC[C@]7(C)[C@@H]([C@H](C)CCCC(C)C)CC[C@@H]87)C6)=c6ccc([nH]6)=C(c6ccccc6)c6ccc5[nH]6)CC[C@]4(C)[C@H]3CC[C@]12C. The lowest BCUT2D eigenvalue weighted by Gasteiger charge is -2.61. The van der Waals surface area contributed by atoms with Gasteiger partial charge in [-0.15, -0.1) is 0 Å². The second kappa shape index (κ2) is 25.0. The van der Waals surface area contributed by atoms with Gasteiger partial charge in [-0.25, -0.2) is 0 Å². The molecule has 8 saturated carbocycles. The Bertz CT molecular complexity index is 3570. The van der Waals surface area contributed by atoms with Crippen LogP contribution < -0.4 is 21.4 Å². The number of ether oxygens (including phenoxy) is 2. The molecule has 0 spiro atoms. The van der Waals surface area contributed by atoms with Gasteiger partial charge in [0, 0.05) is 33.2 Å². The summed E-state index contributed by atoms with van der Waals surface area (Å²) in [6.07, 6.45) is 32.7. The predicted octanol–water partition coefficient (Wildman–Crippen LogP) is 19.1. The highest BCUT2D eigenvalue weighted by Crippen LogP contribution is 2.70. The highest BCUT2D eigenvalue weighted by Gasteiger charge is 2.63. The standard InChI is InChI=1S/C86H116N4O2/c1-53(2)19-17-21-55(5)65-31-33-67-63-29-27-59-51-61(43-47-83(59,7)69(63)45-49-85(65,67)9)91-81-75-39-35-71(87-75)79(57-23-13-11-14-24-57)73-37-41-77(89-73)82(78-42-38-74(90-78)80(58-25-15-12-16-26-58)72-36-40-76(81)88-72)92-62-44-48-84(8)60(52-62)28-30-64-68-34-32-66(56(6)22-18-20-54(3)4)86(68,10)50-46-70(64)84/h11-16,23-26,35-42,53-56,59-70,87-90H,17-22,27-34,43-52H2,1-10H3/t55-,56-,59+,60+,61+,62+,63+,64+,65-,66-,67+,68+,69+,70+,83+,84+,85-,86-/m1/s1. The molecule has 4 N–H and O–H groups in total. The Kier molecular flexibility index (Phi) is 17.1. The van der Waals surface area contributed by atoms with Crippen molar-refractivity contribution in [3.05, 3.63) is 164 Å². The molecule has 4 aromatic heterocycles. The molecule has 2 aromatic carbocycles. The summed E-state index contributed by atoms with van der Waals surface area (Å²) in [6.45, 7) is 25.9. The van der Waals surface area contributed by atoms with Gasteiger partial charge in [0.1, 0.15) is 0 Å².